The average molecular weight is 236 g/mol. The largest absolute Gasteiger partial charge is 0.385 e. The number of sulfonamides is 1. The maximum absolute atomic E-state index is 11.6. The third kappa shape index (κ3) is 5.46. The van der Waals surface area contributed by atoms with Crippen LogP contribution in [0.4, 0.5) is 0 Å². The van der Waals surface area contributed by atoms with Crippen molar-refractivity contribution < 1.29 is 13.2 Å². The van der Waals surface area contributed by atoms with Crippen LogP contribution in [0.2, 0.25) is 0 Å². The van der Waals surface area contributed by atoms with Crippen molar-refractivity contribution in [3.8, 4) is 0 Å². The van der Waals surface area contributed by atoms with Gasteiger partial charge in [0.25, 0.3) is 0 Å². The van der Waals surface area contributed by atoms with Gasteiger partial charge in [0.15, 0.2) is 0 Å². The summed E-state index contributed by atoms with van der Waals surface area (Å²) in [5.74, 6) is 0.511. The molecule has 1 heterocycles. The van der Waals surface area contributed by atoms with Crippen molar-refractivity contribution in [3.05, 3.63) is 0 Å². The molecule has 1 saturated heterocycles. The van der Waals surface area contributed by atoms with E-state index in [0.29, 0.717) is 13.2 Å². The van der Waals surface area contributed by atoms with Crippen LogP contribution >= 0.6 is 0 Å². The normalized spacial score (nSPS) is 22.1. The maximum Gasteiger partial charge on any atom is 0.211 e. The van der Waals surface area contributed by atoms with Gasteiger partial charge in [-0.2, -0.15) is 0 Å². The van der Waals surface area contributed by atoms with E-state index in [0.717, 1.165) is 25.9 Å². The van der Waals surface area contributed by atoms with Gasteiger partial charge in [0.1, 0.15) is 0 Å². The highest BCUT2D eigenvalue weighted by Crippen LogP contribution is 2.09. The van der Waals surface area contributed by atoms with Gasteiger partial charge < -0.3 is 10.1 Å². The zero-order valence-electron chi connectivity index (χ0n) is 9.16. The summed E-state index contributed by atoms with van der Waals surface area (Å²) in [5, 5.41) is 3.16. The van der Waals surface area contributed by atoms with Gasteiger partial charge in [-0.15, -0.1) is 0 Å². The van der Waals surface area contributed by atoms with E-state index in [2.05, 4.69) is 10.0 Å². The topological polar surface area (TPSA) is 67.4 Å². The molecule has 1 unspecified atom stereocenters. The first-order valence-corrected chi connectivity index (χ1v) is 6.96. The molecule has 90 valence electrons. The number of nitrogens with one attached hydrogen (secondary N) is 2. The molecule has 0 saturated carbocycles. The van der Waals surface area contributed by atoms with Crippen LogP contribution < -0.4 is 10.0 Å². The zero-order chi connectivity index (χ0) is 11.1. The van der Waals surface area contributed by atoms with Crippen LogP contribution in [-0.2, 0) is 14.8 Å². The molecule has 6 heteroatoms. The highest BCUT2D eigenvalue weighted by atomic mass is 32.2. The lowest BCUT2D eigenvalue weighted by Gasteiger charge is -2.10. The number of hydrogen-bond acceptors (Lipinski definition) is 4. The Morgan fingerprint density at radius 1 is 1.53 bits per heavy atom. The Labute approximate surface area is 91.6 Å². The first kappa shape index (κ1) is 12.9. The number of methoxy groups -OCH3 is 1. The molecule has 1 aliphatic heterocycles. The average Bonchev–Trinajstić information content (AvgIpc) is 2.64. The molecule has 0 spiro atoms. The molecular formula is C9H20N2O3S. The fourth-order valence-electron chi connectivity index (χ4n) is 1.67. The van der Waals surface area contributed by atoms with Crippen LogP contribution in [0.3, 0.4) is 0 Å². The Morgan fingerprint density at radius 2 is 2.33 bits per heavy atom. The Kier molecular flexibility index (Phi) is 5.52. The summed E-state index contributed by atoms with van der Waals surface area (Å²) in [6.07, 6.45) is 1.68. The number of rotatable bonds is 7. The van der Waals surface area contributed by atoms with E-state index in [1.54, 1.807) is 7.11 Å². The molecule has 0 aliphatic carbocycles. The summed E-state index contributed by atoms with van der Waals surface area (Å²) < 4.78 is 30.6. The van der Waals surface area contributed by atoms with E-state index in [4.69, 9.17) is 4.74 Å². The summed E-state index contributed by atoms with van der Waals surface area (Å²) in [7, 11) is -1.48. The highest BCUT2D eigenvalue weighted by Gasteiger charge is 2.21. The van der Waals surface area contributed by atoms with Crippen LogP contribution in [0.1, 0.15) is 12.8 Å². The molecule has 1 aliphatic rings. The van der Waals surface area contributed by atoms with Gasteiger partial charge >= 0.3 is 0 Å². The van der Waals surface area contributed by atoms with E-state index < -0.39 is 10.0 Å². The van der Waals surface area contributed by atoms with Crippen molar-refractivity contribution in [3.63, 3.8) is 0 Å². The lowest BCUT2D eigenvalue weighted by molar-refractivity contribution is 0.196. The minimum atomic E-state index is -3.09. The first-order chi connectivity index (χ1) is 7.14. The van der Waals surface area contributed by atoms with Gasteiger partial charge in [0.2, 0.25) is 10.0 Å². The lowest BCUT2D eigenvalue weighted by Crippen LogP contribution is -2.31. The molecule has 0 aromatic carbocycles. The summed E-state index contributed by atoms with van der Waals surface area (Å²) in [6.45, 7) is 2.81. The van der Waals surface area contributed by atoms with Gasteiger partial charge in [0.05, 0.1) is 5.75 Å². The van der Waals surface area contributed by atoms with Gasteiger partial charge in [0, 0.05) is 20.3 Å². The standard InChI is InChI=1S/C9H20N2O3S/c1-14-6-2-4-11-15(12,13)8-9-3-5-10-7-9/h9-11H,2-8H2,1H3. The van der Waals surface area contributed by atoms with Crippen LogP contribution in [-0.4, -0.2) is 47.5 Å². The Morgan fingerprint density at radius 3 is 2.93 bits per heavy atom. The molecule has 0 aromatic heterocycles. The molecule has 15 heavy (non-hydrogen) atoms. The summed E-state index contributed by atoms with van der Waals surface area (Å²) in [4.78, 5) is 0. The Balaban J connectivity index is 2.19. The highest BCUT2D eigenvalue weighted by molar-refractivity contribution is 7.89. The van der Waals surface area contributed by atoms with Crippen molar-refractivity contribution in [1.82, 2.24) is 10.0 Å². The van der Waals surface area contributed by atoms with Gasteiger partial charge in [-0.1, -0.05) is 0 Å². The van der Waals surface area contributed by atoms with Crippen LogP contribution in [0, 0.1) is 5.92 Å². The molecule has 1 fully saturated rings. The molecule has 0 aromatic rings. The molecule has 2 N–H and O–H groups in total. The van der Waals surface area contributed by atoms with Crippen LogP contribution in [0.25, 0.3) is 0 Å². The van der Waals surface area contributed by atoms with Gasteiger partial charge in [-0.3, -0.25) is 0 Å². The molecule has 5 nitrogen and oxygen atoms in total. The van der Waals surface area contributed by atoms with Crippen molar-refractivity contribution in [2.24, 2.45) is 5.92 Å². The first-order valence-electron chi connectivity index (χ1n) is 5.31. The number of ether oxygens (including phenoxy) is 1. The van der Waals surface area contributed by atoms with E-state index in [9.17, 15) is 8.42 Å². The minimum Gasteiger partial charge on any atom is -0.385 e. The quantitative estimate of drug-likeness (QED) is 0.588. The van der Waals surface area contributed by atoms with E-state index in [-0.39, 0.29) is 11.7 Å². The van der Waals surface area contributed by atoms with Crippen LogP contribution in [0.5, 0.6) is 0 Å². The zero-order valence-corrected chi connectivity index (χ0v) is 9.98. The van der Waals surface area contributed by atoms with Crippen molar-refractivity contribution >= 4 is 10.0 Å². The molecular weight excluding hydrogens is 216 g/mol. The second kappa shape index (κ2) is 6.42. The smallest absolute Gasteiger partial charge is 0.211 e. The summed E-state index contributed by atoms with van der Waals surface area (Å²) >= 11 is 0. The Bertz CT molecular complexity index is 261. The molecule has 1 rings (SSSR count). The third-order valence-corrected chi connectivity index (χ3v) is 4.02. The fourth-order valence-corrected chi connectivity index (χ4v) is 3.15. The fraction of sp³-hybridized carbons (Fsp3) is 1.00. The molecule has 0 amide bonds. The van der Waals surface area contributed by atoms with Crippen molar-refractivity contribution in [1.29, 1.82) is 0 Å². The predicted octanol–water partition coefficient (Wildman–Crippen LogP) is -0.448. The summed E-state index contributed by atoms with van der Waals surface area (Å²) in [5.41, 5.74) is 0. The van der Waals surface area contributed by atoms with Crippen LogP contribution in [0.15, 0.2) is 0 Å². The van der Waals surface area contributed by atoms with E-state index in [1.165, 1.54) is 0 Å². The monoisotopic (exact) mass is 236 g/mol. The third-order valence-electron chi connectivity index (χ3n) is 2.46. The predicted molar refractivity (Wildman–Crippen MR) is 59.3 cm³/mol. The van der Waals surface area contributed by atoms with Crippen molar-refractivity contribution in [2.45, 2.75) is 12.8 Å². The second-order valence-corrected chi connectivity index (χ2v) is 5.73. The SMILES string of the molecule is COCCCNS(=O)(=O)CC1CCNC1. The molecule has 0 radical (unpaired) electrons. The number of hydrogen-bond donors (Lipinski definition) is 2. The van der Waals surface area contributed by atoms with Gasteiger partial charge in [-0.05, 0) is 31.8 Å². The van der Waals surface area contributed by atoms with E-state index >= 15 is 0 Å². The second-order valence-electron chi connectivity index (χ2n) is 3.88. The maximum atomic E-state index is 11.6. The van der Waals surface area contributed by atoms with Gasteiger partial charge in [-0.25, -0.2) is 13.1 Å². The Hall–Kier alpha value is -0.170. The minimum absolute atomic E-state index is 0.243. The van der Waals surface area contributed by atoms with E-state index in [1.807, 2.05) is 0 Å². The lowest BCUT2D eigenvalue weighted by atomic mass is 10.2. The molecule has 0 bridgehead atoms. The van der Waals surface area contributed by atoms with Crippen molar-refractivity contribution in [2.75, 3.05) is 39.1 Å². The molecule has 1 atom stereocenters. The summed E-state index contributed by atoms with van der Waals surface area (Å²) in [6, 6.07) is 0.